The highest BCUT2D eigenvalue weighted by Gasteiger charge is 2.59. The maximum absolute atomic E-state index is 14.8. The topological polar surface area (TPSA) is 234 Å². The fraction of sp³-hybridized carbons (Fsp3) is 0.765. The third-order valence-electron chi connectivity index (χ3n) is 9.60. The number of amides is 1. The molecule has 3 aromatic rings. The third kappa shape index (κ3) is 9.94. The minimum absolute atomic E-state index is 0.0428. The Hall–Kier alpha value is -3.31. The molecule has 0 radical (unpaired) electrons. The van der Waals surface area contributed by atoms with Crippen LogP contribution in [0.2, 0.25) is 25.7 Å². The lowest BCUT2D eigenvalue weighted by Crippen LogP contribution is -2.45. The Morgan fingerprint density at radius 2 is 1.88 bits per heavy atom. The van der Waals surface area contributed by atoms with Crippen LogP contribution in [0.3, 0.4) is 0 Å². The minimum Gasteiger partial charge on any atom is -0.446 e. The molecule has 0 aromatic carbocycles. The molecule has 2 aliphatic heterocycles. The summed E-state index contributed by atoms with van der Waals surface area (Å²) in [6.07, 6.45) is 0.129. The first-order valence-corrected chi connectivity index (χ1v) is 24.4. The zero-order valence-corrected chi connectivity index (χ0v) is 35.6. The highest BCUT2D eigenvalue weighted by Crippen LogP contribution is 2.62. The van der Waals surface area contributed by atoms with Crippen molar-refractivity contribution in [2.75, 3.05) is 45.5 Å². The van der Waals surface area contributed by atoms with E-state index in [4.69, 9.17) is 42.2 Å². The van der Waals surface area contributed by atoms with Crippen LogP contribution in [0.25, 0.3) is 11.0 Å². The summed E-state index contributed by atoms with van der Waals surface area (Å²) < 4.78 is 70.7. The molecule has 21 nitrogen and oxygen atoms in total. The zero-order chi connectivity index (χ0) is 41.0. The van der Waals surface area contributed by atoms with Crippen molar-refractivity contribution in [1.82, 2.24) is 40.0 Å². The molecule has 6 rings (SSSR count). The molecule has 0 bridgehead atoms. The molecule has 1 saturated carbocycles. The average Bonchev–Trinajstić information content (AvgIpc) is 3.90. The van der Waals surface area contributed by atoms with Gasteiger partial charge in [-0.3, -0.25) is 14.7 Å². The maximum Gasteiger partial charge on any atom is 0.413 e. The van der Waals surface area contributed by atoms with E-state index < -0.39 is 57.4 Å². The Balaban J connectivity index is 1.27. The maximum atomic E-state index is 14.8. The van der Waals surface area contributed by atoms with Gasteiger partial charge in [-0.05, 0) is 58.2 Å². The van der Waals surface area contributed by atoms with E-state index >= 15 is 0 Å². The van der Waals surface area contributed by atoms with Gasteiger partial charge in [0.25, 0.3) is 0 Å². The van der Waals surface area contributed by atoms with Gasteiger partial charge in [0.1, 0.15) is 24.4 Å². The lowest BCUT2D eigenvalue weighted by molar-refractivity contribution is -0.207. The first kappa shape index (κ1) is 43.3. The van der Waals surface area contributed by atoms with Gasteiger partial charge in [-0.15, -0.1) is 15.0 Å². The third-order valence-corrected chi connectivity index (χ3v) is 13.9. The second-order valence-corrected chi connectivity index (χ2v) is 23.7. The minimum atomic E-state index is -4.15. The standard InChI is InChI=1S/C34H54N9O12PSi/c1-9-50-56(46,51-10-2)34(20-47-5,16-25-39-41-42(40-25)21-48-14-15-57(6,7)8)49-19-24-27-28(55-33(3,4)54-27)31(53-24)43-30-23(17-35-43)29(36-26(18-44)37-30)38-32(45)52-22-12-11-13-22/h17-18,22,24,27-28,31H,9-16,19-21H2,1-8H3,(H,36,37,38,45)/t24-,27-,28-,31-,34-/m1/s1. The molecule has 316 valence electrons. The Labute approximate surface area is 331 Å². The molecule has 1 N–H and O–H groups in total. The number of fused-ring (bicyclic) bond motifs is 2. The number of aromatic nitrogens is 8. The molecule has 1 aliphatic carbocycles. The van der Waals surface area contributed by atoms with Gasteiger partial charge < -0.3 is 42.2 Å². The lowest BCUT2D eigenvalue weighted by Gasteiger charge is -2.38. The van der Waals surface area contributed by atoms with E-state index in [-0.39, 0.29) is 68.8 Å². The molecular formula is C34H54N9O12PSi. The Morgan fingerprint density at radius 1 is 1.14 bits per heavy atom. The SMILES string of the molecule is CCOP(=O)(OCC)[C@@](COC)(Cc1nnn(COCC[Si](C)(C)C)n1)OC[C@H]1O[C@@H](n2ncc3c(NC(=O)OC4CCC4)nc(C=O)nc32)[C@@H]2OC(C)(C)O[C@@H]21. The second kappa shape index (κ2) is 17.9. The van der Waals surface area contributed by atoms with Gasteiger partial charge >= 0.3 is 13.7 Å². The van der Waals surface area contributed by atoms with E-state index in [2.05, 4.69) is 55.4 Å². The number of methoxy groups -OCH3 is 1. The summed E-state index contributed by atoms with van der Waals surface area (Å²) in [5, 5.41) is 18.6. The van der Waals surface area contributed by atoms with Crippen molar-refractivity contribution in [3.63, 3.8) is 0 Å². The molecule has 23 heteroatoms. The summed E-state index contributed by atoms with van der Waals surface area (Å²) in [7, 11) is -4.01. The first-order chi connectivity index (χ1) is 27.1. The van der Waals surface area contributed by atoms with Crippen LogP contribution in [-0.4, -0.2) is 136 Å². The van der Waals surface area contributed by atoms with Crippen molar-refractivity contribution >= 4 is 44.9 Å². The molecular weight excluding hydrogens is 785 g/mol. The van der Waals surface area contributed by atoms with Crippen LogP contribution in [0.15, 0.2) is 6.20 Å². The van der Waals surface area contributed by atoms with Gasteiger partial charge in [0.05, 0.1) is 44.4 Å². The molecule has 3 aliphatic rings. The number of carbonyl (C=O) groups is 2. The van der Waals surface area contributed by atoms with Crippen molar-refractivity contribution in [2.24, 2.45) is 0 Å². The monoisotopic (exact) mass is 839 g/mol. The molecule has 1 amide bonds. The summed E-state index contributed by atoms with van der Waals surface area (Å²) >= 11 is 0. The van der Waals surface area contributed by atoms with E-state index in [1.807, 2.05) is 0 Å². The number of hydrogen-bond acceptors (Lipinski definition) is 18. The normalized spacial score (nSPS) is 23.3. The predicted molar refractivity (Wildman–Crippen MR) is 203 cm³/mol. The van der Waals surface area contributed by atoms with Gasteiger partial charge in [-0.2, -0.15) is 5.10 Å². The number of hydrogen-bond donors (Lipinski definition) is 1. The highest BCUT2D eigenvalue weighted by molar-refractivity contribution is 7.55. The second-order valence-electron chi connectivity index (χ2n) is 15.7. The fourth-order valence-corrected chi connectivity index (χ4v) is 9.52. The predicted octanol–water partition coefficient (Wildman–Crippen LogP) is 4.32. The molecule has 5 heterocycles. The van der Waals surface area contributed by atoms with Crippen LogP contribution in [-0.2, 0) is 59.9 Å². The Bertz CT molecular complexity index is 1900. The van der Waals surface area contributed by atoms with E-state index in [9.17, 15) is 14.2 Å². The number of anilines is 1. The number of carbonyl (C=O) groups excluding carboxylic acids is 2. The quantitative estimate of drug-likeness (QED) is 0.0681. The first-order valence-electron chi connectivity index (χ1n) is 19.2. The summed E-state index contributed by atoms with van der Waals surface area (Å²) in [5.74, 6) is -1.00. The summed E-state index contributed by atoms with van der Waals surface area (Å²) in [6, 6.07) is 0.974. The van der Waals surface area contributed by atoms with E-state index in [1.54, 1.807) is 27.7 Å². The molecule has 0 spiro atoms. The molecule has 0 unspecified atom stereocenters. The average molecular weight is 840 g/mol. The molecule has 2 saturated heterocycles. The smallest absolute Gasteiger partial charge is 0.413 e. The highest BCUT2D eigenvalue weighted by atomic mass is 31.2. The fourth-order valence-electron chi connectivity index (χ4n) is 6.68. The molecule has 3 aromatic heterocycles. The van der Waals surface area contributed by atoms with Gasteiger partial charge in [0.15, 0.2) is 53.5 Å². The Morgan fingerprint density at radius 3 is 2.53 bits per heavy atom. The van der Waals surface area contributed by atoms with Crippen LogP contribution >= 0.6 is 7.60 Å². The van der Waals surface area contributed by atoms with Crippen molar-refractivity contribution in [3.05, 3.63) is 17.8 Å². The van der Waals surface area contributed by atoms with E-state index in [0.717, 1.165) is 25.3 Å². The number of rotatable bonds is 21. The number of nitrogens with zero attached hydrogens (tertiary/aromatic N) is 8. The zero-order valence-electron chi connectivity index (χ0n) is 33.7. The molecule has 5 atom stereocenters. The largest absolute Gasteiger partial charge is 0.446 e. The van der Waals surface area contributed by atoms with Gasteiger partial charge in [0.2, 0.25) is 0 Å². The van der Waals surface area contributed by atoms with Gasteiger partial charge in [-0.25, -0.2) is 19.4 Å². The summed E-state index contributed by atoms with van der Waals surface area (Å²) in [5.41, 5.74) is 0.189. The number of aldehydes is 1. The van der Waals surface area contributed by atoms with Gasteiger partial charge in [0, 0.05) is 21.8 Å². The van der Waals surface area contributed by atoms with Crippen molar-refractivity contribution in [1.29, 1.82) is 0 Å². The number of ether oxygens (including phenoxy) is 7. The van der Waals surface area contributed by atoms with Gasteiger partial charge in [-0.1, -0.05) is 19.6 Å². The molecule has 3 fully saturated rings. The Kier molecular flexibility index (Phi) is 13.6. The summed E-state index contributed by atoms with van der Waals surface area (Å²) in [4.78, 5) is 34.6. The number of tetrazole rings is 1. The number of nitrogens with one attached hydrogen (secondary N) is 1. The van der Waals surface area contributed by atoms with Crippen LogP contribution in [0.5, 0.6) is 0 Å². The van der Waals surface area contributed by atoms with Crippen LogP contribution in [0.1, 0.15) is 69.6 Å². The molecule has 57 heavy (non-hydrogen) atoms. The summed E-state index contributed by atoms with van der Waals surface area (Å²) in [6.45, 7) is 14.0. The van der Waals surface area contributed by atoms with Crippen molar-refractivity contribution in [3.8, 4) is 0 Å². The van der Waals surface area contributed by atoms with Crippen LogP contribution < -0.4 is 5.32 Å². The van der Waals surface area contributed by atoms with E-state index in [0.29, 0.717) is 18.3 Å². The van der Waals surface area contributed by atoms with E-state index in [1.165, 1.54) is 22.8 Å². The van der Waals surface area contributed by atoms with Crippen molar-refractivity contribution < 1.29 is 56.4 Å². The van der Waals surface area contributed by atoms with Crippen LogP contribution in [0, 0.1) is 0 Å². The van der Waals surface area contributed by atoms with Crippen molar-refractivity contribution in [2.45, 2.75) is 128 Å². The van der Waals surface area contributed by atoms with Crippen LogP contribution in [0.4, 0.5) is 10.6 Å². The lowest BCUT2D eigenvalue weighted by atomic mass is 9.96.